The van der Waals surface area contributed by atoms with E-state index in [4.69, 9.17) is 0 Å². The van der Waals surface area contributed by atoms with Crippen LogP contribution in [0.2, 0.25) is 0 Å². The molecule has 0 aliphatic carbocycles. The smallest absolute Gasteiger partial charge is 0.164 e. The van der Waals surface area contributed by atoms with Gasteiger partial charge in [-0.1, -0.05) is 0 Å². The fraction of sp³-hybridized carbons (Fsp3) is 0.143. The molecule has 1 aromatic rings. The number of hydrogen-bond donors (Lipinski definition) is 0. The van der Waals surface area contributed by atoms with E-state index < -0.39 is 34.3 Å². The zero-order valence-electron chi connectivity index (χ0n) is 6.51. The zero-order valence-corrected chi connectivity index (χ0v) is 6.51. The molecule has 0 fully saturated rings. The van der Waals surface area contributed by atoms with E-state index in [1.54, 1.807) is 0 Å². The minimum absolute atomic E-state index is 0.629. The summed E-state index contributed by atoms with van der Waals surface area (Å²) < 4.78 is 50.6. The van der Waals surface area contributed by atoms with E-state index in [1.807, 2.05) is 0 Å². The third-order valence-electron chi connectivity index (χ3n) is 1.70. The molecule has 0 saturated carbocycles. The van der Waals surface area contributed by atoms with E-state index in [9.17, 15) is 17.6 Å². The van der Waals surface area contributed by atoms with Gasteiger partial charge >= 0.3 is 0 Å². The second-order valence-corrected chi connectivity index (χ2v) is 2.51. The zero-order chi connectivity index (χ0) is 9.46. The summed E-state index contributed by atoms with van der Waals surface area (Å²) in [5.74, 6) is -5.31. The van der Waals surface area contributed by atoms with Gasteiger partial charge in [-0.3, -0.25) is 0 Å². The molecule has 0 N–H and O–H groups in total. The predicted octanol–water partition coefficient (Wildman–Crippen LogP) is 0.810. The largest absolute Gasteiger partial charge is 0.204 e. The lowest BCUT2D eigenvalue weighted by Gasteiger charge is -2.04. The Morgan fingerprint density at radius 3 is 1.50 bits per heavy atom. The average molecular weight is 176 g/mol. The van der Waals surface area contributed by atoms with E-state index in [-0.39, 0.29) is 0 Å². The number of benzene rings is 1. The van der Waals surface area contributed by atoms with E-state index in [2.05, 4.69) is 0 Å². The molecule has 5 heteroatoms. The maximum absolute atomic E-state index is 12.7. The summed E-state index contributed by atoms with van der Waals surface area (Å²) >= 11 is 0. The van der Waals surface area contributed by atoms with Gasteiger partial charge in [-0.25, -0.2) is 17.6 Å². The fourth-order valence-corrected chi connectivity index (χ4v) is 0.851. The van der Waals surface area contributed by atoms with Gasteiger partial charge in [0.25, 0.3) is 0 Å². The van der Waals surface area contributed by atoms with E-state index in [1.165, 1.54) is 0 Å². The topological polar surface area (TPSA) is 0 Å². The minimum Gasteiger partial charge on any atom is -0.204 e. The average Bonchev–Trinajstić information content (AvgIpc) is 2.08. The lowest BCUT2D eigenvalue weighted by molar-refractivity contribution is 0.454. The second kappa shape index (κ2) is 2.81. The first-order valence-corrected chi connectivity index (χ1v) is 3.26. The van der Waals surface area contributed by atoms with Crippen molar-refractivity contribution in [1.29, 1.82) is 0 Å². The molecule has 0 spiro atoms. The molecule has 0 heterocycles. The van der Waals surface area contributed by atoms with Crippen LogP contribution in [0.4, 0.5) is 17.6 Å². The van der Waals surface area contributed by atoms with Crippen LogP contribution in [0.3, 0.4) is 0 Å². The van der Waals surface area contributed by atoms with Crippen molar-refractivity contribution in [2.24, 2.45) is 0 Å². The van der Waals surface area contributed by atoms with E-state index in [0.717, 1.165) is 14.8 Å². The summed E-state index contributed by atoms with van der Waals surface area (Å²) in [5.41, 5.74) is -1.26. The Balaban J connectivity index is 3.60. The van der Waals surface area contributed by atoms with Crippen molar-refractivity contribution in [2.45, 2.75) is 6.92 Å². The number of hydrogen-bond acceptors (Lipinski definition) is 0. The van der Waals surface area contributed by atoms with Crippen molar-refractivity contribution in [3.63, 3.8) is 0 Å². The van der Waals surface area contributed by atoms with Gasteiger partial charge in [0.15, 0.2) is 23.3 Å². The summed E-state index contributed by atoms with van der Waals surface area (Å²) in [6.45, 7) is 0.982. The molecular weight excluding hydrogens is 171 g/mol. The molecule has 0 nitrogen and oxygen atoms in total. The maximum atomic E-state index is 12.7. The van der Waals surface area contributed by atoms with Crippen LogP contribution in [0.25, 0.3) is 0 Å². The van der Waals surface area contributed by atoms with Gasteiger partial charge < -0.3 is 0 Å². The van der Waals surface area contributed by atoms with Crippen LogP contribution in [0.5, 0.6) is 0 Å². The quantitative estimate of drug-likeness (QED) is 0.311. The molecular formula is C7H5BF4. The monoisotopic (exact) mass is 176 g/mol. The Bertz CT molecular complexity index is 230. The molecule has 0 unspecified atom stereocenters. The number of rotatable bonds is 0. The Labute approximate surface area is 67.6 Å². The molecule has 0 saturated heterocycles. The standard InChI is InChI=1S/C7H5BF4/c1-2-4(9)6(11)3(8)7(12)5(2)10/h8H2,1H3. The van der Waals surface area contributed by atoms with Crippen LogP contribution in [0, 0.1) is 30.2 Å². The highest BCUT2D eigenvalue weighted by atomic mass is 19.2. The van der Waals surface area contributed by atoms with Gasteiger partial charge in [-0.15, -0.1) is 0 Å². The molecule has 1 rings (SSSR count). The molecule has 0 aromatic heterocycles. The highest BCUT2D eigenvalue weighted by Gasteiger charge is 2.19. The SMILES string of the molecule is Bc1c(F)c(F)c(C)c(F)c1F. The van der Waals surface area contributed by atoms with E-state index in [0.29, 0.717) is 0 Å². The normalized spacial score (nSPS) is 10.4. The molecule has 12 heavy (non-hydrogen) atoms. The van der Waals surface area contributed by atoms with Crippen molar-refractivity contribution in [1.82, 2.24) is 0 Å². The maximum Gasteiger partial charge on any atom is 0.164 e. The van der Waals surface area contributed by atoms with E-state index >= 15 is 0 Å². The summed E-state index contributed by atoms with van der Waals surface area (Å²) in [7, 11) is 0.982. The third kappa shape index (κ3) is 1.09. The first-order valence-electron chi connectivity index (χ1n) is 3.26. The van der Waals surface area contributed by atoms with Gasteiger partial charge in [0.1, 0.15) is 7.85 Å². The summed E-state index contributed by atoms with van der Waals surface area (Å²) in [5, 5.41) is 0. The molecule has 0 bridgehead atoms. The van der Waals surface area contributed by atoms with Crippen molar-refractivity contribution in [2.75, 3.05) is 0 Å². The van der Waals surface area contributed by atoms with Gasteiger partial charge in [0, 0.05) is 5.56 Å². The Morgan fingerprint density at radius 1 is 0.833 bits per heavy atom. The number of halogens is 4. The fourth-order valence-electron chi connectivity index (χ4n) is 0.851. The van der Waals surface area contributed by atoms with Crippen LogP contribution in [-0.2, 0) is 0 Å². The van der Waals surface area contributed by atoms with Crippen LogP contribution in [0.1, 0.15) is 5.56 Å². The van der Waals surface area contributed by atoms with Crippen molar-refractivity contribution in [3.05, 3.63) is 28.8 Å². The van der Waals surface area contributed by atoms with Crippen molar-refractivity contribution in [3.8, 4) is 0 Å². The molecule has 0 atom stereocenters. The van der Waals surface area contributed by atoms with Crippen LogP contribution >= 0.6 is 0 Å². The molecule has 0 amide bonds. The molecule has 0 radical (unpaired) electrons. The van der Waals surface area contributed by atoms with Gasteiger partial charge in [-0.05, 0) is 12.4 Å². The van der Waals surface area contributed by atoms with Gasteiger partial charge in [0.05, 0.1) is 0 Å². The lowest BCUT2D eigenvalue weighted by Crippen LogP contribution is -2.19. The van der Waals surface area contributed by atoms with Crippen LogP contribution < -0.4 is 5.46 Å². The second-order valence-electron chi connectivity index (χ2n) is 2.51. The van der Waals surface area contributed by atoms with Gasteiger partial charge in [0.2, 0.25) is 0 Å². The van der Waals surface area contributed by atoms with Gasteiger partial charge in [-0.2, -0.15) is 0 Å². The molecule has 64 valence electrons. The Kier molecular flexibility index (Phi) is 2.13. The highest BCUT2D eigenvalue weighted by Crippen LogP contribution is 2.15. The summed E-state index contributed by atoms with van der Waals surface area (Å²) in [4.78, 5) is 0. The predicted molar refractivity (Wildman–Crippen MR) is 39.2 cm³/mol. The first-order chi connectivity index (χ1) is 5.46. The summed E-state index contributed by atoms with van der Waals surface area (Å²) in [6, 6.07) is 0. The highest BCUT2D eigenvalue weighted by molar-refractivity contribution is 6.32. The third-order valence-corrected chi connectivity index (χ3v) is 1.70. The Morgan fingerprint density at radius 2 is 1.17 bits per heavy atom. The molecule has 0 aliphatic rings. The molecule has 0 aliphatic heterocycles. The molecule has 1 aromatic carbocycles. The lowest BCUT2D eigenvalue weighted by atomic mass is 9.93. The Hall–Kier alpha value is -0.995. The van der Waals surface area contributed by atoms with Crippen molar-refractivity contribution >= 4 is 13.3 Å². The minimum atomic E-state index is -1.33. The first kappa shape index (κ1) is 9.10. The van der Waals surface area contributed by atoms with Crippen LogP contribution in [0.15, 0.2) is 0 Å². The summed E-state index contributed by atoms with van der Waals surface area (Å²) in [6.07, 6.45) is 0. The van der Waals surface area contributed by atoms with Crippen LogP contribution in [-0.4, -0.2) is 7.85 Å². The van der Waals surface area contributed by atoms with Crippen molar-refractivity contribution < 1.29 is 17.6 Å².